The lowest BCUT2D eigenvalue weighted by atomic mass is 9.96. The lowest BCUT2D eigenvalue weighted by Gasteiger charge is -2.32. The summed E-state index contributed by atoms with van der Waals surface area (Å²) in [5.74, 6) is 1.84. The van der Waals surface area contributed by atoms with Gasteiger partial charge in [-0.2, -0.15) is 4.52 Å². The molecule has 186 valence electrons. The van der Waals surface area contributed by atoms with Crippen molar-refractivity contribution in [2.75, 3.05) is 43.0 Å². The third-order valence-corrected chi connectivity index (χ3v) is 6.88. The van der Waals surface area contributed by atoms with Crippen LogP contribution in [0.3, 0.4) is 0 Å². The number of anilines is 2. The summed E-state index contributed by atoms with van der Waals surface area (Å²) in [7, 11) is 2.09. The van der Waals surface area contributed by atoms with Crippen LogP contribution in [0.15, 0.2) is 66.7 Å². The fourth-order valence-electron chi connectivity index (χ4n) is 4.77. The molecule has 0 aliphatic carbocycles. The van der Waals surface area contributed by atoms with Crippen molar-refractivity contribution in [1.29, 1.82) is 0 Å². The van der Waals surface area contributed by atoms with E-state index in [0.29, 0.717) is 6.54 Å². The molecule has 1 N–H and O–H groups in total. The fraction of sp³-hybridized carbons (Fsp3) is 0.357. The summed E-state index contributed by atoms with van der Waals surface area (Å²) < 4.78 is 1.81. The quantitative estimate of drug-likeness (QED) is 0.382. The molecule has 4 aromatic rings. The average molecular weight is 484 g/mol. The number of benzene rings is 2. The van der Waals surface area contributed by atoms with Crippen molar-refractivity contribution in [3.8, 4) is 11.4 Å². The first-order chi connectivity index (χ1) is 17.6. The van der Waals surface area contributed by atoms with Gasteiger partial charge in [0, 0.05) is 50.4 Å². The second-order valence-corrected chi connectivity index (χ2v) is 9.52. The molecule has 5 rings (SSSR count). The molecule has 8 heteroatoms. The molecule has 0 unspecified atom stereocenters. The lowest BCUT2D eigenvalue weighted by Crippen LogP contribution is -2.41. The summed E-state index contributed by atoms with van der Waals surface area (Å²) in [6.07, 6.45) is 2.56. The van der Waals surface area contributed by atoms with Crippen LogP contribution in [-0.2, 0) is 4.79 Å². The number of rotatable bonds is 8. The van der Waals surface area contributed by atoms with Gasteiger partial charge in [0.1, 0.15) is 5.82 Å². The molecule has 1 aliphatic heterocycles. The number of aromatic nitrogens is 4. The fourth-order valence-corrected chi connectivity index (χ4v) is 4.77. The second-order valence-electron chi connectivity index (χ2n) is 9.52. The van der Waals surface area contributed by atoms with E-state index >= 15 is 0 Å². The van der Waals surface area contributed by atoms with E-state index in [-0.39, 0.29) is 11.8 Å². The van der Waals surface area contributed by atoms with Crippen LogP contribution in [0.4, 0.5) is 11.5 Å². The average Bonchev–Trinajstić information content (AvgIpc) is 3.35. The first-order valence-corrected chi connectivity index (χ1v) is 12.7. The van der Waals surface area contributed by atoms with Crippen molar-refractivity contribution >= 4 is 23.1 Å². The molecule has 1 aliphatic rings. The van der Waals surface area contributed by atoms with Gasteiger partial charge in [0.05, 0.1) is 0 Å². The van der Waals surface area contributed by atoms with Gasteiger partial charge in [-0.25, -0.2) is 0 Å². The third-order valence-electron chi connectivity index (χ3n) is 6.88. The maximum absolute atomic E-state index is 12.7. The summed E-state index contributed by atoms with van der Waals surface area (Å²) in [5, 5.41) is 16.6. The van der Waals surface area contributed by atoms with Crippen LogP contribution < -0.4 is 15.1 Å². The summed E-state index contributed by atoms with van der Waals surface area (Å²) in [5.41, 5.74) is 4.09. The van der Waals surface area contributed by atoms with Crippen molar-refractivity contribution in [2.24, 2.45) is 5.92 Å². The maximum Gasteiger partial charge on any atom is 0.223 e. The SMILES string of the molecule is Cc1cccc(-c2nnc3ccc(N4CCC(C(=O)NCCCN(C)c5ccccc5)CC4)nn23)c1. The Hall–Kier alpha value is -3.94. The highest BCUT2D eigenvalue weighted by molar-refractivity contribution is 5.79. The molecule has 2 aromatic carbocycles. The number of hydrogen-bond acceptors (Lipinski definition) is 6. The van der Waals surface area contributed by atoms with Gasteiger partial charge in [0.2, 0.25) is 5.91 Å². The van der Waals surface area contributed by atoms with Crippen LogP contribution >= 0.6 is 0 Å². The largest absolute Gasteiger partial charge is 0.375 e. The molecular weight excluding hydrogens is 450 g/mol. The number of nitrogens with zero attached hydrogens (tertiary/aromatic N) is 6. The number of aryl methyl sites for hydroxylation is 1. The molecule has 36 heavy (non-hydrogen) atoms. The number of hydrogen-bond donors (Lipinski definition) is 1. The minimum absolute atomic E-state index is 0.0506. The molecule has 1 fully saturated rings. The van der Waals surface area contributed by atoms with Crippen LogP contribution in [0, 0.1) is 12.8 Å². The smallest absolute Gasteiger partial charge is 0.223 e. The van der Waals surface area contributed by atoms with Crippen LogP contribution in [0.2, 0.25) is 0 Å². The van der Waals surface area contributed by atoms with E-state index in [4.69, 9.17) is 5.10 Å². The van der Waals surface area contributed by atoms with Crippen molar-refractivity contribution in [2.45, 2.75) is 26.2 Å². The number of carbonyl (C=O) groups excluding carboxylic acids is 1. The minimum Gasteiger partial charge on any atom is -0.375 e. The molecule has 0 spiro atoms. The van der Waals surface area contributed by atoms with E-state index in [2.05, 4.69) is 63.6 Å². The highest BCUT2D eigenvalue weighted by atomic mass is 16.1. The zero-order valence-corrected chi connectivity index (χ0v) is 21.0. The van der Waals surface area contributed by atoms with E-state index in [1.807, 2.05) is 47.0 Å². The van der Waals surface area contributed by atoms with E-state index in [0.717, 1.165) is 61.7 Å². The van der Waals surface area contributed by atoms with Gasteiger partial charge in [-0.15, -0.1) is 15.3 Å². The van der Waals surface area contributed by atoms with Crippen molar-refractivity contribution in [1.82, 2.24) is 25.1 Å². The predicted octanol–water partition coefficient (Wildman–Crippen LogP) is 3.96. The monoisotopic (exact) mass is 483 g/mol. The molecule has 0 saturated carbocycles. The van der Waals surface area contributed by atoms with Gasteiger partial charge < -0.3 is 15.1 Å². The van der Waals surface area contributed by atoms with Crippen LogP contribution in [0.25, 0.3) is 17.0 Å². The topological polar surface area (TPSA) is 78.7 Å². The predicted molar refractivity (Wildman–Crippen MR) is 143 cm³/mol. The highest BCUT2D eigenvalue weighted by Gasteiger charge is 2.26. The summed E-state index contributed by atoms with van der Waals surface area (Å²) in [6.45, 7) is 5.27. The standard InChI is InChI=1S/C28H33N7O/c1-21-8-6-9-23(20-21)27-31-30-25-12-13-26(32-35(25)27)34-18-14-22(15-19-34)28(36)29-16-7-17-33(2)24-10-4-3-5-11-24/h3-6,8-13,20,22H,7,14-19H2,1-2H3,(H,29,36). The molecule has 3 heterocycles. The van der Waals surface area contributed by atoms with Gasteiger partial charge in [0.25, 0.3) is 0 Å². The third kappa shape index (κ3) is 5.32. The van der Waals surface area contributed by atoms with Crippen molar-refractivity contribution < 1.29 is 4.79 Å². The minimum atomic E-state index is 0.0506. The van der Waals surface area contributed by atoms with Gasteiger partial charge >= 0.3 is 0 Å². The Morgan fingerprint density at radius 3 is 2.61 bits per heavy atom. The number of amides is 1. The second kappa shape index (κ2) is 10.8. The number of carbonyl (C=O) groups is 1. The molecule has 0 radical (unpaired) electrons. The van der Waals surface area contributed by atoms with E-state index in [1.165, 1.54) is 11.3 Å². The van der Waals surface area contributed by atoms with Gasteiger partial charge in [-0.1, -0.05) is 42.0 Å². The maximum atomic E-state index is 12.7. The Morgan fingerprint density at radius 1 is 1.03 bits per heavy atom. The molecule has 8 nitrogen and oxygen atoms in total. The van der Waals surface area contributed by atoms with Crippen molar-refractivity contribution in [3.05, 3.63) is 72.3 Å². The van der Waals surface area contributed by atoms with Gasteiger partial charge in [-0.05, 0) is 56.5 Å². The zero-order chi connectivity index (χ0) is 24.9. The molecule has 0 atom stereocenters. The van der Waals surface area contributed by atoms with Crippen LogP contribution in [0.1, 0.15) is 24.8 Å². The van der Waals surface area contributed by atoms with E-state index in [9.17, 15) is 4.79 Å². The molecule has 1 amide bonds. The Balaban J connectivity index is 1.13. The Morgan fingerprint density at radius 2 is 1.83 bits per heavy atom. The Bertz CT molecular complexity index is 1310. The van der Waals surface area contributed by atoms with Crippen LogP contribution in [0.5, 0.6) is 0 Å². The van der Waals surface area contributed by atoms with Crippen molar-refractivity contribution in [3.63, 3.8) is 0 Å². The summed E-state index contributed by atoms with van der Waals surface area (Å²) in [4.78, 5) is 17.2. The number of fused-ring (bicyclic) bond motifs is 1. The summed E-state index contributed by atoms with van der Waals surface area (Å²) >= 11 is 0. The Kier molecular flexibility index (Phi) is 7.11. The van der Waals surface area contributed by atoms with E-state index in [1.54, 1.807) is 0 Å². The first-order valence-electron chi connectivity index (χ1n) is 12.7. The number of para-hydroxylation sites is 1. The lowest BCUT2D eigenvalue weighted by molar-refractivity contribution is -0.125. The van der Waals surface area contributed by atoms with Gasteiger partial charge in [0.15, 0.2) is 11.5 Å². The zero-order valence-electron chi connectivity index (χ0n) is 21.0. The first kappa shape index (κ1) is 23.8. The molecule has 2 aromatic heterocycles. The Labute approximate surface area is 211 Å². The van der Waals surface area contributed by atoms with E-state index < -0.39 is 0 Å². The molecule has 1 saturated heterocycles. The van der Waals surface area contributed by atoms with Gasteiger partial charge in [-0.3, -0.25) is 4.79 Å². The highest BCUT2D eigenvalue weighted by Crippen LogP contribution is 2.24. The van der Waals surface area contributed by atoms with Crippen LogP contribution in [-0.4, -0.2) is 58.9 Å². The molecule has 0 bridgehead atoms. The number of nitrogens with one attached hydrogen (secondary N) is 1. The summed E-state index contributed by atoms with van der Waals surface area (Å²) in [6, 6.07) is 22.5. The number of piperidine rings is 1. The molecular formula is C28H33N7O. The normalized spacial score (nSPS) is 14.2.